The molecular formula is C22H26F5NO3S. The van der Waals surface area contributed by atoms with Crippen LogP contribution in [0, 0.1) is 23.5 Å². The van der Waals surface area contributed by atoms with E-state index >= 15 is 0 Å². The molecular weight excluding hydrogens is 453 g/mol. The van der Waals surface area contributed by atoms with Crippen molar-refractivity contribution in [3.8, 4) is 0 Å². The van der Waals surface area contributed by atoms with E-state index in [0.29, 0.717) is 0 Å². The molecule has 1 unspecified atom stereocenters. The van der Waals surface area contributed by atoms with E-state index in [2.05, 4.69) is 6.58 Å². The molecule has 0 aromatic heterocycles. The van der Waals surface area contributed by atoms with E-state index in [1.807, 2.05) is 0 Å². The predicted molar refractivity (Wildman–Crippen MR) is 111 cm³/mol. The number of carbonyl (C=O) groups excluding carboxylic acids is 1. The molecule has 10 heteroatoms. The Morgan fingerprint density at radius 2 is 1.88 bits per heavy atom. The third kappa shape index (κ3) is 5.39. The maximum Gasteiger partial charge on any atom is 0.391 e. The van der Waals surface area contributed by atoms with Gasteiger partial charge in [0.1, 0.15) is 16.4 Å². The number of carbonyl (C=O) groups is 1. The second-order valence-electron chi connectivity index (χ2n) is 8.22. The van der Waals surface area contributed by atoms with Crippen LogP contribution >= 0.6 is 0 Å². The number of sulfone groups is 1. The minimum absolute atomic E-state index is 0.0228. The first-order valence-electron chi connectivity index (χ1n) is 10.1. The fourth-order valence-corrected chi connectivity index (χ4v) is 6.32. The summed E-state index contributed by atoms with van der Waals surface area (Å²) in [6.45, 7) is 4.34. The zero-order valence-corrected chi connectivity index (χ0v) is 18.4. The lowest BCUT2D eigenvalue weighted by Gasteiger charge is -2.40. The molecule has 32 heavy (non-hydrogen) atoms. The van der Waals surface area contributed by atoms with Gasteiger partial charge in [0, 0.05) is 12.0 Å². The average Bonchev–Trinajstić information content (AvgIpc) is 2.69. The molecule has 2 rings (SSSR count). The summed E-state index contributed by atoms with van der Waals surface area (Å²) >= 11 is 0. The Labute approximate surface area is 184 Å². The van der Waals surface area contributed by atoms with Gasteiger partial charge in [-0.1, -0.05) is 25.7 Å². The van der Waals surface area contributed by atoms with E-state index in [1.54, 1.807) is 0 Å². The summed E-state index contributed by atoms with van der Waals surface area (Å²) in [6, 6.07) is 2.48. The zero-order chi connectivity index (χ0) is 24.3. The van der Waals surface area contributed by atoms with Crippen LogP contribution in [0.5, 0.6) is 0 Å². The molecule has 178 valence electrons. The standard InChI is InChI=1S/C22H26F5NO3S/c1-3-17(6-4-14(2)22(25,26)27)32(30,31)21(18-13-16(23)5-7-19(18)24)10-8-15(9-11-21)12-20(28)29/h3,5-7,13-15H,1,4,8-12H2,2H3,(H2,28,29)/b17-6+. The van der Waals surface area contributed by atoms with Crippen LogP contribution in [0.2, 0.25) is 0 Å². The van der Waals surface area contributed by atoms with Gasteiger partial charge >= 0.3 is 6.18 Å². The average molecular weight is 480 g/mol. The number of allylic oxidation sites excluding steroid dienone is 2. The topological polar surface area (TPSA) is 77.2 Å². The number of benzene rings is 1. The van der Waals surface area contributed by atoms with Crippen molar-refractivity contribution < 1.29 is 35.2 Å². The molecule has 1 aliphatic carbocycles. The lowest BCUT2D eigenvalue weighted by Crippen LogP contribution is -2.41. The quantitative estimate of drug-likeness (QED) is 0.406. The second kappa shape index (κ2) is 9.72. The van der Waals surface area contributed by atoms with Crippen LogP contribution in [0.3, 0.4) is 0 Å². The molecule has 0 aliphatic heterocycles. The number of hydrogen-bond acceptors (Lipinski definition) is 3. The van der Waals surface area contributed by atoms with E-state index in [0.717, 1.165) is 37.3 Å². The van der Waals surface area contributed by atoms with Gasteiger partial charge in [-0.2, -0.15) is 13.2 Å². The van der Waals surface area contributed by atoms with E-state index < -0.39 is 55.5 Å². The number of hydrogen-bond donors (Lipinski definition) is 1. The fourth-order valence-electron chi connectivity index (χ4n) is 4.12. The van der Waals surface area contributed by atoms with Crippen LogP contribution in [0.15, 0.2) is 41.8 Å². The highest BCUT2D eigenvalue weighted by atomic mass is 32.2. The summed E-state index contributed by atoms with van der Waals surface area (Å²) in [5, 5.41) is 0. The molecule has 0 spiro atoms. The van der Waals surface area contributed by atoms with Crippen LogP contribution in [-0.4, -0.2) is 20.5 Å². The maximum absolute atomic E-state index is 14.8. The van der Waals surface area contributed by atoms with Crippen LogP contribution in [0.1, 0.15) is 51.0 Å². The van der Waals surface area contributed by atoms with Gasteiger partial charge in [-0.3, -0.25) is 4.79 Å². The first-order valence-corrected chi connectivity index (χ1v) is 11.6. The van der Waals surface area contributed by atoms with Gasteiger partial charge in [-0.15, -0.1) is 0 Å². The van der Waals surface area contributed by atoms with Gasteiger partial charge in [0.15, 0.2) is 9.84 Å². The van der Waals surface area contributed by atoms with Crippen LogP contribution in [0.4, 0.5) is 22.0 Å². The Bertz CT molecular complexity index is 993. The number of alkyl halides is 3. The van der Waals surface area contributed by atoms with Crippen LogP contribution in [-0.2, 0) is 19.4 Å². The molecule has 1 fully saturated rings. The summed E-state index contributed by atoms with van der Waals surface area (Å²) in [5.74, 6) is -4.37. The summed E-state index contributed by atoms with van der Waals surface area (Å²) in [5.41, 5.74) is 4.84. The lowest BCUT2D eigenvalue weighted by molar-refractivity contribution is -0.168. The van der Waals surface area contributed by atoms with Crippen LogP contribution in [0.25, 0.3) is 0 Å². The van der Waals surface area contributed by atoms with E-state index in [1.165, 1.54) is 0 Å². The normalized spacial score (nSPS) is 23.6. The van der Waals surface area contributed by atoms with E-state index in [4.69, 9.17) is 5.73 Å². The molecule has 0 saturated heterocycles. The molecule has 1 atom stereocenters. The van der Waals surface area contributed by atoms with Crippen molar-refractivity contribution >= 4 is 15.7 Å². The van der Waals surface area contributed by atoms with Crippen molar-refractivity contribution in [3.05, 3.63) is 59.0 Å². The second-order valence-corrected chi connectivity index (χ2v) is 10.5. The minimum Gasteiger partial charge on any atom is -0.370 e. The van der Waals surface area contributed by atoms with Gasteiger partial charge in [-0.05, 0) is 56.2 Å². The molecule has 1 aliphatic rings. The molecule has 4 nitrogen and oxygen atoms in total. The molecule has 1 amide bonds. The van der Waals surface area contributed by atoms with E-state index in [9.17, 15) is 35.2 Å². The third-order valence-electron chi connectivity index (χ3n) is 6.08. The molecule has 0 heterocycles. The Morgan fingerprint density at radius 3 is 2.38 bits per heavy atom. The van der Waals surface area contributed by atoms with Crippen molar-refractivity contribution in [1.82, 2.24) is 0 Å². The third-order valence-corrected chi connectivity index (χ3v) is 8.69. The molecule has 2 N–H and O–H groups in total. The highest BCUT2D eigenvalue weighted by molar-refractivity contribution is 7.96. The van der Waals surface area contributed by atoms with Gasteiger partial charge in [0.25, 0.3) is 0 Å². The highest BCUT2D eigenvalue weighted by Crippen LogP contribution is 2.50. The van der Waals surface area contributed by atoms with Gasteiger partial charge < -0.3 is 5.73 Å². The summed E-state index contributed by atoms with van der Waals surface area (Å²) < 4.78 is 93.0. The predicted octanol–water partition coefficient (Wildman–Crippen LogP) is 5.30. The van der Waals surface area contributed by atoms with Gasteiger partial charge in [-0.25, -0.2) is 17.2 Å². The Morgan fingerprint density at radius 1 is 1.28 bits per heavy atom. The Balaban J connectivity index is 2.57. The number of rotatable bonds is 8. The number of primary amides is 1. The first kappa shape index (κ1) is 26.0. The molecule has 1 aromatic carbocycles. The number of amides is 1. The smallest absolute Gasteiger partial charge is 0.370 e. The monoisotopic (exact) mass is 479 g/mol. The fraction of sp³-hybridized carbons (Fsp3) is 0.500. The zero-order valence-electron chi connectivity index (χ0n) is 17.6. The summed E-state index contributed by atoms with van der Waals surface area (Å²) in [7, 11) is -4.47. The number of nitrogens with two attached hydrogens (primary N) is 1. The minimum atomic E-state index is -4.52. The SMILES string of the molecule is C=C/C(=C\CC(C)C(F)(F)F)S(=O)(=O)C1(c2cc(F)ccc2F)CCC(CC(N)=O)CC1. The molecule has 0 radical (unpaired) electrons. The van der Waals surface area contributed by atoms with Crippen molar-refractivity contribution in [3.63, 3.8) is 0 Å². The molecule has 0 bridgehead atoms. The van der Waals surface area contributed by atoms with E-state index in [-0.39, 0.29) is 43.6 Å². The van der Waals surface area contributed by atoms with Crippen molar-refractivity contribution in [2.24, 2.45) is 17.6 Å². The van der Waals surface area contributed by atoms with Crippen molar-refractivity contribution in [2.45, 2.75) is 56.4 Å². The summed E-state index contributed by atoms with van der Waals surface area (Å²) in [6.07, 6.45) is -3.16. The first-order chi connectivity index (χ1) is 14.7. The largest absolute Gasteiger partial charge is 0.391 e. The molecule has 1 aromatic rings. The Kier molecular flexibility index (Phi) is 7.91. The lowest BCUT2D eigenvalue weighted by atomic mass is 9.76. The van der Waals surface area contributed by atoms with Gasteiger partial charge in [0.2, 0.25) is 5.91 Å². The van der Waals surface area contributed by atoms with Crippen LogP contribution < -0.4 is 5.73 Å². The Hall–Kier alpha value is -2.23. The maximum atomic E-state index is 14.8. The highest BCUT2D eigenvalue weighted by Gasteiger charge is 2.50. The van der Waals surface area contributed by atoms with Crippen molar-refractivity contribution in [1.29, 1.82) is 0 Å². The van der Waals surface area contributed by atoms with Crippen molar-refractivity contribution in [2.75, 3.05) is 0 Å². The van der Waals surface area contributed by atoms with Gasteiger partial charge in [0.05, 0.1) is 10.8 Å². The summed E-state index contributed by atoms with van der Waals surface area (Å²) in [4.78, 5) is 10.8. The number of halogens is 5. The molecule has 1 saturated carbocycles.